The summed E-state index contributed by atoms with van der Waals surface area (Å²) in [6.45, 7) is 3.25. The van der Waals surface area contributed by atoms with Gasteiger partial charge in [-0.05, 0) is 37.9 Å². The van der Waals surface area contributed by atoms with E-state index in [0.29, 0.717) is 5.25 Å². The van der Waals surface area contributed by atoms with E-state index in [1.165, 1.54) is 0 Å². The molecular formula is C13H20N2OS. The number of hydrogen-bond acceptors (Lipinski definition) is 4. The number of thioether (sulfide) groups is 1. The van der Waals surface area contributed by atoms with Crippen molar-refractivity contribution in [2.24, 2.45) is 0 Å². The molecule has 0 spiro atoms. The summed E-state index contributed by atoms with van der Waals surface area (Å²) in [4.78, 5) is 4.34. The summed E-state index contributed by atoms with van der Waals surface area (Å²) < 4.78 is 0. The fraction of sp³-hybridized carbons (Fsp3) is 0.615. The Balaban J connectivity index is 1.93. The van der Waals surface area contributed by atoms with E-state index in [1.54, 1.807) is 0 Å². The second-order valence-electron chi connectivity index (χ2n) is 4.62. The molecule has 3 nitrogen and oxygen atoms in total. The first-order valence-corrected chi connectivity index (χ1v) is 7.09. The zero-order valence-corrected chi connectivity index (χ0v) is 11.0. The molecule has 1 heterocycles. The van der Waals surface area contributed by atoms with Crippen molar-refractivity contribution >= 4 is 11.8 Å². The number of hydrogen-bond donors (Lipinski definition) is 2. The van der Waals surface area contributed by atoms with Crippen LogP contribution in [-0.2, 0) is 0 Å². The van der Waals surface area contributed by atoms with Crippen molar-refractivity contribution in [2.45, 2.75) is 42.0 Å². The van der Waals surface area contributed by atoms with Gasteiger partial charge in [0.15, 0.2) is 0 Å². The Labute approximate surface area is 107 Å². The first-order chi connectivity index (χ1) is 8.28. The molecule has 17 heavy (non-hydrogen) atoms. The van der Waals surface area contributed by atoms with Crippen LogP contribution in [0.15, 0.2) is 29.4 Å². The molecule has 0 saturated heterocycles. The third-order valence-electron chi connectivity index (χ3n) is 3.34. The Morgan fingerprint density at radius 3 is 3.12 bits per heavy atom. The smallest absolute Gasteiger partial charge is 0.0962 e. The predicted octanol–water partition coefficient (Wildman–Crippen LogP) is 2.07. The molecule has 1 saturated carbocycles. The number of rotatable bonds is 5. The number of pyridine rings is 1. The van der Waals surface area contributed by atoms with E-state index >= 15 is 0 Å². The van der Waals surface area contributed by atoms with Crippen LogP contribution in [0.25, 0.3) is 0 Å². The molecule has 1 aromatic rings. The molecule has 2 N–H and O–H groups in total. The van der Waals surface area contributed by atoms with E-state index in [9.17, 15) is 5.11 Å². The summed E-state index contributed by atoms with van der Waals surface area (Å²) in [7, 11) is 0. The van der Waals surface area contributed by atoms with Crippen LogP contribution >= 0.6 is 11.8 Å². The predicted molar refractivity (Wildman–Crippen MR) is 71.2 cm³/mol. The number of nitrogens with zero attached hydrogens (tertiary/aromatic N) is 1. The maximum atomic E-state index is 9.54. The Hall–Kier alpha value is -0.580. The Kier molecular flexibility index (Phi) is 4.42. The fourth-order valence-corrected chi connectivity index (χ4v) is 3.76. The van der Waals surface area contributed by atoms with E-state index in [1.807, 2.05) is 30.1 Å². The molecule has 1 fully saturated rings. The molecule has 0 radical (unpaired) electrons. The molecule has 4 heteroatoms. The number of aliphatic hydroxyl groups excluding tert-OH is 1. The first kappa shape index (κ1) is 12.9. The van der Waals surface area contributed by atoms with Crippen LogP contribution < -0.4 is 5.32 Å². The highest BCUT2D eigenvalue weighted by Crippen LogP contribution is 2.39. The molecule has 0 bridgehead atoms. The monoisotopic (exact) mass is 252 g/mol. The van der Waals surface area contributed by atoms with Gasteiger partial charge in [-0.3, -0.25) is 0 Å². The van der Waals surface area contributed by atoms with E-state index in [-0.39, 0.29) is 12.1 Å². The summed E-state index contributed by atoms with van der Waals surface area (Å²) in [5, 5.41) is 14.6. The number of aromatic nitrogens is 1. The Bertz CT molecular complexity index is 347. The minimum Gasteiger partial charge on any atom is -0.394 e. The van der Waals surface area contributed by atoms with Crippen molar-refractivity contribution < 1.29 is 5.11 Å². The third-order valence-corrected chi connectivity index (χ3v) is 4.56. The Morgan fingerprint density at radius 2 is 2.47 bits per heavy atom. The largest absolute Gasteiger partial charge is 0.394 e. The summed E-state index contributed by atoms with van der Waals surface area (Å²) >= 11 is 1.83. The van der Waals surface area contributed by atoms with Crippen LogP contribution in [0.4, 0.5) is 0 Å². The lowest BCUT2D eigenvalue weighted by atomic mass is 9.99. The maximum absolute atomic E-state index is 9.54. The topological polar surface area (TPSA) is 45.1 Å². The van der Waals surface area contributed by atoms with Gasteiger partial charge in [0.1, 0.15) is 0 Å². The van der Waals surface area contributed by atoms with Crippen LogP contribution in [0.2, 0.25) is 0 Å². The molecule has 2 rings (SSSR count). The van der Waals surface area contributed by atoms with Gasteiger partial charge in [0.05, 0.1) is 11.6 Å². The average molecular weight is 252 g/mol. The van der Waals surface area contributed by atoms with Crippen LogP contribution in [0.3, 0.4) is 0 Å². The molecule has 0 aliphatic heterocycles. The summed E-state index contributed by atoms with van der Waals surface area (Å²) in [5.41, 5.74) is -0.0544. The zero-order valence-electron chi connectivity index (χ0n) is 10.2. The highest BCUT2D eigenvalue weighted by molar-refractivity contribution is 7.99. The minimum absolute atomic E-state index is 0.0544. The molecule has 94 valence electrons. The van der Waals surface area contributed by atoms with Gasteiger partial charge in [-0.25, -0.2) is 4.98 Å². The highest BCUT2D eigenvalue weighted by Gasteiger charge is 2.38. The second kappa shape index (κ2) is 5.85. The third kappa shape index (κ3) is 3.21. The highest BCUT2D eigenvalue weighted by atomic mass is 32.2. The molecule has 0 aromatic carbocycles. The minimum atomic E-state index is -0.0544. The SMILES string of the molecule is CCNC1(CO)CCC(Sc2ccccn2)C1. The quantitative estimate of drug-likeness (QED) is 0.842. The standard InChI is InChI=1S/C13H20N2OS/c1-2-15-13(10-16)7-6-11(9-13)17-12-5-3-4-8-14-12/h3-5,8,11,15-16H,2,6-7,9-10H2,1H3. The van der Waals surface area contributed by atoms with E-state index in [4.69, 9.17) is 0 Å². The summed E-state index contributed by atoms with van der Waals surface area (Å²) in [6, 6.07) is 6.01. The lowest BCUT2D eigenvalue weighted by Crippen LogP contribution is -2.46. The van der Waals surface area contributed by atoms with Crippen molar-refractivity contribution in [1.82, 2.24) is 10.3 Å². The number of aliphatic hydroxyl groups is 1. The molecule has 0 amide bonds. The lowest BCUT2D eigenvalue weighted by molar-refractivity contribution is 0.167. The van der Waals surface area contributed by atoms with Gasteiger partial charge >= 0.3 is 0 Å². The molecule has 1 aliphatic rings. The van der Waals surface area contributed by atoms with Crippen molar-refractivity contribution in [1.29, 1.82) is 0 Å². The molecule has 1 aromatic heterocycles. The van der Waals surface area contributed by atoms with E-state index in [0.717, 1.165) is 30.8 Å². The molecule has 1 aliphatic carbocycles. The number of nitrogens with one attached hydrogen (secondary N) is 1. The van der Waals surface area contributed by atoms with Crippen molar-refractivity contribution in [3.05, 3.63) is 24.4 Å². The van der Waals surface area contributed by atoms with Gasteiger partial charge < -0.3 is 10.4 Å². The normalized spacial score (nSPS) is 28.5. The van der Waals surface area contributed by atoms with Crippen molar-refractivity contribution in [3.63, 3.8) is 0 Å². The molecule has 2 atom stereocenters. The van der Waals surface area contributed by atoms with Crippen LogP contribution in [-0.4, -0.2) is 34.0 Å². The maximum Gasteiger partial charge on any atom is 0.0962 e. The fourth-order valence-electron chi connectivity index (χ4n) is 2.50. The van der Waals surface area contributed by atoms with Crippen LogP contribution in [0.5, 0.6) is 0 Å². The zero-order chi connectivity index (χ0) is 12.1. The molecule has 2 unspecified atom stereocenters. The van der Waals surface area contributed by atoms with E-state index < -0.39 is 0 Å². The van der Waals surface area contributed by atoms with Crippen LogP contribution in [0, 0.1) is 0 Å². The van der Waals surface area contributed by atoms with Crippen molar-refractivity contribution in [2.75, 3.05) is 13.2 Å². The van der Waals surface area contributed by atoms with Gasteiger partial charge in [0.25, 0.3) is 0 Å². The number of likely N-dealkylation sites (N-methyl/N-ethyl adjacent to an activating group) is 1. The van der Waals surface area contributed by atoms with Gasteiger partial charge in [-0.1, -0.05) is 13.0 Å². The Morgan fingerprint density at radius 1 is 1.59 bits per heavy atom. The van der Waals surface area contributed by atoms with Crippen molar-refractivity contribution in [3.8, 4) is 0 Å². The lowest BCUT2D eigenvalue weighted by Gasteiger charge is -2.27. The average Bonchev–Trinajstić information content (AvgIpc) is 2.75. The summed E-state index contributed by atoms with van der Waals surface area (Å²) in [6.07, 6.45) is 5.07. The van der Waals surface area contributed by atoms with Gasteiger partial charge in [-0.15, -0.1) is 11.8 Å². The summed E-state index contributed by atoms with van der Waals surface area (Å²) in [5.74, 6) is 0. The first-order valence-electron chi connectivity index (χ1n) is 6.21. The van der Waals surface area contributed by atoms with Crippen LogP contribution in [0.1, 0.15) is 26.2 Å². The van der Waals surface area contributed by atoms with E-state index in [2.05, 4.69) is 23.3 Å². The second-order valence-corrected chi connectivity index (χ2v) is 5.94. The van der Waals surface area contributed by atoms with Gasteiger partial charge in [0, 0.05) is 17.0 Å². The van der Waals surface area contributed by atoms with Gasteiger partial charge in [0.2, 0.25) is 0 Å². The van der Waals surface area contributed by atoms with Gasteiger partial charge in [-0.2, -0.15) is 0 Å². The molecular weight excluding hydrogens is 232 g/mol.